The number of carbonyl (C=O) groups excluding carboxylic acids is 1. The molecular weight excluding hydrogens is 460 g/mol. The number of Topliss-reactive ketones (excluding diaryl/α,β-unsaturated/α-hetero) is 1. The van der Waals surface area contributed by atoms with E-state index in [-0.39, 0.29) is 52.2 Å². The van der Waals surface area contributed by atoms with Gasteiger partial charge in [0.2, 0.25) is 6.79 Å². The summed E-state index contributed by atoms with van der Waals surface area (Å²) in [7, 11) is 0. The van der Waals surface area contributed by atoms with Gasteiger partial charge in [-0.05, 0) is 17.9 Å². The minimum atomic E-state index is -0.959. The lowest BCUT2D eigenvalue weighted by Crippen LogP contribution is -2.37. The predicted molar refractivity (Wildman–Crippen MR) is 126 cm³/mol. The molecule has 3 heterocycles. The van der Waals surface area contributed by atoms with Crippen molar-refractivity contribution in [2.75, 3.05) is 12.1 Å². The summed E-state index contributed by atoms with van der Waals surface area (Å²) in [4.78, 5) is 45.7. The van der Waals surface area contributed by atoms with Crippen LogP contribution in [0.15, 0.2) is 33.4 Å². The van der Waals surface area contributed by atoms with Crippen molar-refractivity contribution in [2.24, 2.45) is 5.41 Å². The van der Waals surface area contributed by atoms with Crippen LogP contribution in [0.25, 0.3) is 0 Å². The molecule has 1 unspecified atom stereocenters. The number of nitrogens with one attached hydrogen (secondary N) is 2. The van der Waals surface area contributed by atoms with Gasteiger partial charge in [-0.3, -0.25) is 19.7 Å². The second-order valence-electron chi connectivity index (χ2n) is 9.71. The van der Waals surface area contributed by atoms with Gasteiger partial charge in [-0.2, -0.15) is 0 Å². The predicted octanol–water partition coefficient (Wildman–Crippen LogP) is 4.11. The number of ketones is 1. The molecule has 0 bridgehead atoms. The number of carbonyl (C=O) groups is 1. The van der Waals surface area contributed by atoms with E-state index in [2.05, 4.69) is 15.3 Å². The summed E-state index contributed by atoms with van der Waals surface area (Å²) >= 11 is 1.40. The van der Waals surface area contributed by atoms with Crippen molar-refractivity contribution in [3.63, 3.8) is 0 Å². The average Bonchev–Trinajstić information content (AvgIpc) is 3.17. The molecule has 2 N–H and O–H groups in total. The van der Waals surface area contributed by atoms with Crippen LogP contribution < -0.4 is 20.3 Å². The van der Waals surface area contributed by atoms with Gasteiger partial charge in [0, 0.05) is 28.5 Å². The number of fused-ring (bicyclic) bond motifs is 2. The Labute approximate surface area is 199 Å². The Hall–Kier alpha value is -3.34. The molecule has 10 nitrogen and oxygen atoms in total. The molecule has 0 spiro atoms. The Morgan fingerprint density at radius 1 is 1.21 bits per heavy atom. The summed E-state index contributed by atoms with van der Waals surface area (Å²) in [5.74, 6) is -0.206. The first kappa shape index (κ1) is 22.5. The van der Waals surface area contributed by atoms with E-state index in [1.807, 2.05) is 27.7 Å². The number of H-pyrrole nitrogens is 1. The maximum atomic E-state index is 13.4. The molecule has 11 heteroatoms. The van der Waals surface area contributed by atoms with Gasteiger partial charge < -0.3 is 19.8 Å². The van der Waals surface area contributed by atoms with Gasteiger partial charge in [0.1, 0.15) is 5.82 Å². The number of rotatable bonds is 4. The van der Waals surface area contributed by atoms with Crippen LogP contribution in [0.4, 0.5) is 11.5 Å². The van der Waals surface area contributed by atoms with Crippen LogP contribution in [0.2, 0.25) is 0 Å². The molecule has 1 atom stereocenters. The fourth-order valence-corrected chi connectivity index (χ4v) is 5.56. The second kappa shape index (κ2) is 7.86. The molecule has 0 saturated heterocycles. The highest BCUT2D eigenvalue weighted by molar-refractivity contribution is 7.99. The molecular formula is C23H24N4O6S. The van der Waals surface area contributed by atoms with Crippen molar-refractivity contribution in [2.45, 2.75) is 56.9 Å². The first-order chi connectivity index (χ1) is 16.0. The van der Waals surface area contributed by atoms with Crippen LogP contribution in [0.3, 0.4) is 0 Å². The molecule has 0 amide bonds. The zero-order valence-electron chi connectivity index (χ0n) is 19.2. The van der Waals surface area contributed by atoms with Crippen molar-refractivity contribution < 1.29 is 19.2 Å². The molecule has 2 aromatic rings. The Kier molecular flexibility index (Phi) is 5.19. The molecule has 0 saturated carbocycles. The first-order valence-corrected chi connectivity index (χ1v) is 11.8. The summed E-state index contributed by atoms with van der Waals surface area (Å²) in [6.07, 6.45) is 0.813. The maximum Gasteiger partial charge on any atom is 0.277 e. The summed E-state index contributed by atoms with van der Waals surface area (Å²) < 4.78 is 10.8. The number of ether oxygens (including phenoxy) is 2. The Morgan fingerprint density at radius 2 is 1.91 bits per heavy atom. The number of anilines is 1. The molecule has 1 aromatic carbocycles. The molecule has 34 heavy (non-hydrogen) atoms. The van der Waals surface area contributed by atoms with E-state index >= 15 is 0 Å². The number of hydrogen-bond donors (Lipinski definition) is 2. The Balaban J connectivity index is 1.79. The van der Waals surface area contributed by atoms with E-state index in [1.165, 1.54) is 23.9 Å². The third kappa shape index (κ3) is 3.73. The van der Waals surface area contributed by atoms with Crippen molar-refractivity contribution in [1.82, 2.24) is 9.97 Å². The van der Waals surface area contributed by atoms with Crippen LogP contribution in [-0.2, 0) is 4.79 Å². The monoisotopic (exact) mass is 484 g/mol. The highest BCUT2D eigenvalue weighted by Crippen LogP contribution is 2.51. The topological polar surface area (TPSA) is 136 Å². The highest BCUT2D eigenvalue weighted by atomic mass is 32.2. The minimum absolute atomic E-state index is 0.0578. The minimum Gasteiger partial charge on any atom is -0.454 e. The summed E-state index contributed by atoms with van der Waals surface area (Å²) in [6, 6.07) is 2.80. The molecule has 0 fully saturated rings. The molecule has 1 aliphatic carbocycles. The number of nitro benzene ring substituents is 1. The zero-order valence-corrected chi connectivity index (χ0v) is 20.0. The molecule has 5 rings (SSSR count). The van der Waals surface area contributed by atoms with Gasteiger partial charge in [-0.25, -0.2) is 4.98 Å². The SMILES string of the molecule is CC(C)Sc1nc2c(c(=O)[nH]1)C(c1cc3c(cc1[N+](=O)[O-])OCO3)C1=C(CC(C)(C)CC1=O)N2. The summed E-state index contributed by atoms with van der Waals surface area (Å²) in [5.41, 5.74) is 0.404. The third-order valence-electron chi connectivity index (χ3n) is 6.08. The van der Waals surface area contributed by atoms with E-state index in [0.717, 1.165) is 0 Å². The fraction of sp³-hybridized carbons (Fsp3) is 0.435. The molecule has 178 valence electrons. The number of aromatic nitrogens is 2. The van der Waals surface area contributed by atoms with E-state index in [0.29, 0.717) is 34.4 Å². The second-order valence-corrected chi connectivity index (χ2v) is 11.3. The summed E-state index contributed by atoms with van der Waals surface area (Å²) in [6.45, 7) is 7.90. The number of nitro groups is 1. The van der Waals surface area contributed by atoms with Crippen molar-refractivity contribution in [3.8, 4) is 11.5 Å². The normalized spacial score (nSPS) is 20.1. The van der Waals surface area contributed by atoms with E-state index in [9.17, 15) is 19.7 Å². The van der Waals surface area contributed by atoms with E-state index in [1.54, 1.807) is 0 Å². The van der Waals surface area contributed by atoms with E-state index in [4.69, 9.17) is 9.47 Å². The smallest absolute Gasteiger partial charge is 0.277 e. The number of thioether (sulfide) groups is 1. The van der Waals surface area contributed by atoms with Crippen LogP contribution in [-0.4, -0.2) is 32.7 Å². The van der Waals surface area contributed by atoms with Crippen molar-refractivity contribution >= 4 is 29.1 Å². The quantitative estimate of drug-likeness (QED) is 0.284. The molecule has 3 aliphatic rings. The average molecular weight is 485 g/mol. The Bertz CT molecular complexity index is 1330. The van der Waals surface area contributed by atoms with Gasteiger partial charge in [-0.15, -0.1) is 0 Å². The number of hydrogen-bond acceptors (Lipinski definition) is 9. The van der Waals surface area contributed by atoms with Gasteiger partial charge in [-0.1, -0.05) is 39.5 Å². The largest absolute Gasteiger partial charge is 0.454 e. The van der Waals surface area contributed by atoms with Crippen LogP contribution in [0.5, 0.6) is 11.5 Å². The van der Waals surface area contributed by atoms with Crippen molar-refractivity contribution in [3.05, 3.63) is 55.0 Å². The molecule has 0 radical (unpaired) electrons. The fourth-order valence-electron chi connectivity index (χ4n) is 4.82. The van der Waals surface area contributed by atoms with Gasteiger partial charge in [0.15, 0.2) is 22.4 Å². The molecule has 1 aromatic heterocycles. The van der Waals surface area contributed by atoms with Crippen LogP contribution >= 0.6 is 11.8 Å². The van der Waals surface area contributed by atoms with E-state index < -0.39 is 16.4 Å². The number of allylic oxidation sites excluding steroid dienone is 2. The zero-order chi connectivity index (χ0) is 24.4. The highest BCUT2D eigenvalue weighted by Gasteiger charge is 2.45. The lowest BCUT2D eigenvalue weighted by Gasteiger charge is -2.38. The lowest BCUT2D eigenvalue weighted by molar-refractivity contribution is -0.385. The number of nitrogens with zero attached hydrogens (tertiary/aromatic N) is 2. The Morgan fingerprint density at radius 3 is 2.59 bits per heavy atom. The lowest BCUT2D eigenvalue weighted by atomic mass is 9.69. The standard InChI is InChI=1S/C23H24N4O6S/c1-10(2)34-22-25-20-19(21(29)26-22)17(18-12(24-20)7-23(3,4)8-14(18)28)11-5-15-16(33-9-32-15)6-13(11)27(30)31/h5-6,10,17H,7-9H2,1-4H3,(H2,24,25,26,29). The van der Waals surface area contributed by atoms with Crippen LogP contribution in [0.1, 0.15) is 57.6 Å². The number of benzene rings is 1. The van der Waals surface area contributed by atoms with Crippen molar-refractivity contribution in [1.29, 1.82) is 0 Å². The van der Waals surface area contributed by atoms with Gasteiger partial charge in [0.25, 0.3) is 11.2 Å². The number of aromatic amines is 1. The molecule has 2 aliphatic heterocycles. The van der Waals surface area contributed by atoms with Gasteiger partial charge in [0.05, 0.1) is 22.5 Å². The maximum absolute atomic E-state index is 13.4. The first-order valence-electron chi connectivity index (χ1n) is 11.0. The summed E-state index contributed by atoms with van der Waals surface area (Å²) in [5, 5.41) is 15.9. The van der Waals surface area contributed by atoms with Crippen LogP contribution in [0, 0.1) is 15.5 Å². The third-order valence-corrected chi connectivity index (χ3v) is 6.97. The van der Waals surface area contributed by atoms with Gasteiger partial charge >= 0.3 is 0 Å².